The molecule has 0 spiro atoms. The number of nitrogens with zero attached hydrogens (tertiary/aromatic N) is 2. The average molecular weight is 348 g/mol. The lowest BCUT2D eigenvalue weighted by Gasteiger charge is -2.20. The minimum absolute atomic E-state index is 0.107. The Kier molecular flexibility index (Phi) is 3.67. The van der Waals surface area contributed by atoms with Gasteiger partial charge in [-0.25, -0.2) is 8.42 Å². The monoisotopic (exact) mass is 347 g/mol. The van der Waals surface area contributed by atoms with Crippen molar-refractivity contribution in [3.8, 4) is 0 Å². The van der Waals surface area contributed by atoms with Gasteiger partial charge in [0.1, 0.15) is 4.90 Å². The molecule has 1 fully saturated rings. The highest BCUT2D eigenvalue weighted by Crippen LogP contribution is 2.33. The first-order valence-corrected chi connectivity index (χ1v) is 7.90. The van der Waals surface area contributed by atoms with Crippen molar-refractivity contribution in [1.29, 1.82) is 0 Å². The predicted octanol–water partition coefficient (Wildman–Crippen LogP) is 0.730. The molecule has 2 rings (SSSR count). The van der Waals surface area contributed by atoms with E-state index in [4.69, 9.17) is 5.73 Å². The Hall–Kier alpha value is -0.990. The number of amides is 1. The van der Waals surface area contributed by atoms with E-state index in [1.54, 1.807) is 6.92 Å². The van der Waals surface area contributed by atoms with Crippen molar-refractivity contribution in [3.63, 3.8) is 0 Å². The zero-order valence-corrected chi connectivity index (χ0v) is 12.7. The van der Waals surface area contributed by atoms with Crippen LogP contribution in [0.15, 0.2) is 27.8 Å². The lowest BCUT2D eigenvalue weighted by Crippen LogP contribution is -2.38. The normalized spacial score (nSPS) is 24.5. The molecule has 1 aliphatic heterocycles. The van der Waals surface area contributed by atoms with Gasteiger partial charge in [0.2, 0.25) is 15.9 Å². The second-order valence-corrected chi connectivity index (χ2v) is 7.71. The van der Waals surface area contributed by atoms with Crippen molar-refractivity contribution in [1.82, 2.24) is 9.29 Å². The molecule has 0 saturated carbocycles. The number of nitrogens with two attached hydrogens (primary N) is 1. The first kappa shape index (κ1) is 14.4. The summed E-state index contributed by atoms with van der Waals surface area (Å²) in [4.78, 5) is 15.3. The highest BCUT2D eigenvalue weighted by molar-refractivity contribution is 9.10. The van der Waals surface area contributed by atoms with Crippen LogP contribution in [0, 0.1) is 5.41 Å². The topological polar surface area (TPSA) is 93.4 Å². The van der Waals surface area contributed by atoms with Crippen molar-refractivity contribution in [2.75, 3.05) is 13.1 Å². The van der Waals surface area contributed by atoms with Crippen LogP contribution in [0.3, 0.4) is 0 Å². The highest BCUT2D eigenvalue weighted by atomic mass is 79.9. The number of aromatic nitrogens is 1. The summed E-state index contributed by atoms with van der Waals surface area (Å²) < 4.78 is 26.7. The highest BCUT2D eigenvalue weighted by Gasteiger charge is 2.43. The SMILES string of the molecule is CC1(C(N)=O)CCN(S(=O)(=O)c2cncc(Br)c2)C1. The van der Waals surface area contributed by atoms with Gasteiger partial charge in [-0.2, -0.15) is 4.31 Å². The fourth-order valence-corrected chi connectivity index (χ4v) is 4.08. The number of pyridine rings is 1. The van der Waals surface area contributed by atoms with Crippen molar-refractivity contribution in [3.05, 3.63) is 22.9 Å². The molecular weight excluding hydrogens is 334 g/mol. The first-order valence-electron chi connectivity index (χ1n) is 5.66. The van der Waals surface area contributed by atoms with E-state index in [0.29, 0.717) is 10.9 Å². The molecule has 1 aromatic rings. The third kappa shape index (κ3) is 2.65. The summed E-state index contributed by atoms with van der Waals surface area (Å²) in [7, 11) is -3.63. The number of hydrogen-bond acceptors (Lipinski definition) is 4. The number of carbonyl (C=O) groups is 1. The van der Waals surface area contributed by atoms with Crippen molar-refractivity contribution < 1.29 is 13.2 Å². The van der Waals surface area contributed by atoms with E-state index in [1.165, 1.54) is 22.8 Å². The molecular formula is C11H14BrN3O3S. The fourth-order valence-electron chi connectivity index (χ4n) is 2.01. The Morgan fingerprint density at radius 3 is 2.74 bits per heavy atom. The minimum atomic E-state index is -3.63. The van der Waals surface area contributed by atoms with Gasteiger partial charge in [-0.3, -0.25) is 9.78 Å². The molecule has 1 aliphatic rings. The fraction of sp³-hybridized carbons (Fsp3) is 0.455. The molecule has 2 N–H and O–H groups in total. The lowest BCUT2D eigenvalue weighted by molar-refractivity contribution is -0.126. The molecule has 0 bridgehead atoms. The minimum Gasteiger partial charge on any atom is -0.369 e. The second kappa shape index (κ2) is 4.84. The Morgan fingerprint density at radius 1 is 1.53 bits per heavy atom. The summed E-state index contributed by atoms with van der Waals surface area (Å²) in [5.74, 6) is -0.474. The smallest absolute Gasteiger partial charge is 0.244 e. The third-order valence-electron chi connectivity index (χ3n) is 3.35. The molecule has 1 saturated heterocycles. The van der Waals surface area contributed by atoms with Gasteiger partial charge in [-0.1, -0.05) is 0 Å². The van der Waals surface area contributed by atoms with E-state index in [-0.39, 0.29) is 18.0 Å². The van der Waals surface area contributed by atoms with E-state index < -0.39 is 21.3 Å². The quantitative estimate of drug-likeness (QED) is 0.871. The molecule has 8 heteroatoms. The molecule has 6 nitrogen and oxygen atoms in total. The van der Waals surface area contributed by atoms with Crippen LogP contribution in [-0.2, 0) is 14.8 Å². The maximum absolute atomic E-state index is 12.4. The van der Waals surface area contributed by atoms with E-state index in [1.807, 2.05) is 0 Å². The lowest BCUT2D eigenvalue weighted by atomic mass is 9.89. The van der Waals surface area contributed by atoms with Crippen LogP contribution in [-0.4, -0.2) is 36.7 Å². The Balaban J connectivity index is 2.31. The summed E-state index contributed by atoms with van der Waals surface area (Å²) >= 11 is 3.19. The Bertz CT molecular complexity index is 619. The van der Waals surface area contributed by atoms with Gasteiger partial charge in [0, 0.05) is 30.0 Å². The van der Waals surface area contributed by atoms with Crippen LogP contribution in [0.4, 0.5) is 0 Å². The van der Waals surface area contributed by atoms with Gasteiger partial charge in [-0.15, -0.1) is 0 Å². The van der Waals surface area contributed by atoms with Gasteiger partial charge in [0.15, 0.2) is 0 Å². The van der Waals surface area contributed by atoms with Crippen LogP contribution in [0.1, 0.15) is 13.3 Å². The summed E-state index contributed by atoms with van der Waals surface area (Å²) in [5.41, 5.74) is 4.52. The van der Waals surface area contributed by atoms with Crippen LogP contribution >= 0.6 is 15.9 Å². The maximum Gasteiger partial charge on any atom is 0.244 e. The Labute approximate surface area is 120 Å². The molecule has 1 unspecified atom stereocenters. The molecule has 1 amide bonds. The van der Waals surface area contributed by atoms with E-state index in [9.17, 15) is 13.2 Å². The van der Waals surface area contributed by atoms with Gasteiger partial charge in [0.25, 0.3) is 0 Å². The van der Waals surface area contributed by atoms with Crippen LogP contribution in [0.25, 0.3) is 0 Å². The van der Waals surface area contributed by atoms with Crippen LogP contribution in [0.5, 0.6) is 0 Å². The molecule has 0 radical (unpaired) electrons. The number of rotatable bonds is 3. The number of hydrogen-bond donors (Lipinski definition) is 1. The number of sulfonamides is 1. The number of halogens is 1. The molecule has 19 heavy (non-hydrogen) atoms. The average Bonchev–Trinajstić information content (AvgIpc) is 2.74. The number of carbonyl (C=O) groups excluding carboxylic acids is 1. The van der Waals surface area contributed by atoms with Crippen molar-refractivity contribution in [2.45, 2.75) is 18.2 Å². The zero-order chi connectivity index (χ0) is 14.3. The third-order valence-corrected chi connectivity index (χ3v) is 5.59. The Morgan fingerprint density at radius 2 is 2.21 bits per heavy atom. The summed E-state index contributed by atoms with van der Waals surface area (Å²) in [6, 6.07) is 1.49. The van der Waals surface area contributed by atoms with Crippen LogP contribution < -0.4 is 5.73 Å². The maximum atomic E-state index is 12.4. The molecule has 2 heterocycles. The molecule has 104 valence electrons. The largest absolute Gasteiger partial charge is 0.369 e. The van der Waals surface area contributed by atoms with Gasteiger partial charge in [0.05, 0.1) is 5.41 Å². The van der Waals surface area contributed by atoms with Crippen molar-refractivity contribution in [2.24, 2.45) is 11.1 Å². The standard InChI is InChI=1S/C11H14BrN3O3S/c1-11(10(13)16)2-3-15(7-11)19(17,18)9-4-8(12)5-14-6-9/h4-6H,2-3,7H2,1H3,(H2,13,16). The predicted molar refractivity (Wildman–Crippen MR) is 72.6 cm³/mol. The summed E-state index contributed by atoms with van der Waals surface area (Å²) in [6.07, 6.45) is 3.24. The van der Waals surface area contributed by atoms with Crippen LogP contribution in [0.2, 0.25) is 0 Å². The number of primary amides is 1. The van der Waals surface area contributed by atoms with Crippen molar-refractivity contribution >= 4 is 31.9 Å². The molecule has 1 atom stereocenters. The van der Waals surface area contributed by atoms with E-state index in [2.05, 4.69) is 20.9 Å². The van der Waals surface area contributed by atoms with Gasteiger partial charge < -0.3 is 5.73 Å². The van der Waals surface area contributed by atoms with Gasteiger partial charge >= 0.3 is 0 Å². The second-order valence-electron chi connectivity index (χ2n) is 4.85. The van der Waals surface area contributed by atoms with E-state index >= 15 is 0 Å². The molecule has 1 aromatic heterocycles. The summed E-state index contributed by atoms with van der Waals surface area (Å²) in [5, 5.41) is 0. The van der Waals surface area contributed by atoms with E-state index in [0.717, 1.165) is 0 Å². The zero-order valence-electron chi connectivity index (χ0n) is 10.3. The summed E-state index contributed by atoms with van der Waals surface area (Å²) in [6.45, 7) is 2.08. The van der Waals surface area contributed by atoms with Gasteiger partial charge in [-0.05, 0) is 35.3 Å². The molecule has 0 aromatic carbocycles. The molecule has 0 aliphatic carbocycles. The first-order chi connectivity index (χ1) is 8.75.